The molecule has 1 heterocycles. The van der Waals surface area contributed by atoms with Gasteiger partial charge in [0.05, 0.1) is 18.2 Å². The van der Waals surface area contributed by atoms with Crippen LogP contribution in [-0.4, -0.2) is 30.3 Å². The van der Waals surface area contributed by atoms with E-state index in [2.05, 4.69) is 23.1 Å². The molecule has 0 aromatic carbocycles. The number of nitrogens with zero attached hydrogens (tertiary/aromatic N) is 4. The summed E-state index contributed by atoms with van der Waals surface area (Å²) in [6.45, 7) is 4.55. The second kappa shape index (κ2) is 7.39. The number of likely N-dealkylation sites (tertiary alicyclic amines) is 1. The highest BCUT2D eigenvalue weighted by molar-refractivity contribution is 5.92. The second-order valence-electron chi connectivity index (χ2n) is 6.61. The van der Waals surface area contributed by atoms with Gasteiger partial charge in [0.25, 0.3) is 0 Å². The zero-order valence-electron chi connectivity index (χ0n) is 13.7. The Hall–Kier alpha value is -1.90. The molecule has 0 amide bonds. The number of carbonyl (C=O) groups excluding carboxylic acids is 1. The lowest BCUT2D eigenvalue weighted by Crippen LogP contribution is -2.62. The third-order valence-electron chi connectivity index (χ3n) is 5.21. The summed E-state index contributed by atoms with van der Waals surface area (Å²) in [5.74, 6) is 0.131. The van der Waals surface area contributed by atoms with Crippen molar-refractivity contribution in [2.75, 3.05) is 13.6 Å². The van der Waals surface area contributed by atoms with Crippen molar-refractivity contribution in [3.8, 4) is 18.2 Å². The monoisotopic (exact) mass is 300 g/mol. The minimum absolute atomic E-state index is 0.00291. The largest absolute Gasteiger partial charge is 0.302 e. The van der Waals surface area contributed by atoms with Gasteiger partial charge in [0.15, 0.2) is 0 Å². The maximum atomic E-state index is 13.3. The highest BCUT2D eigenvalue weighted by atomic mass is 16.1. The lowest BCUT2D eigenvalue weighted by Gasteiger charge is -2.53. The molecular weight excluding hydrogens is 276 g/mol. The molecule has 0 bridgehead atoms. The van der Waals surface area contributed by atoms with Gasteiger partial charge in [-0.25, -0.2) is 0 Å². The molecule has 0 aromatic rings. The van der Waals surface area contributed by atoms with Crippen molar-refractivity contribution >= 4 is 5.78 Å². The zero-order chi connectivity index (χ0) is 16.8. The standard InChI is InChI=1S/C17H24N4O/c1-14-17(8-5-11-19,9-6-12-20)15(22)16(2,7-4-10-18)13-21(14)3/h14H,4-9,13H2,1-3H3. The van der Waals surface area contributed by atoms with Crippen LogP contribution < -0.4 is 0 Å². The van der Waals surface area contributed by atoms with Crippen molar-refractivity contribution in [3.63, 3.8) is 0 Å². The lowest BCUT2D eigenvalue weighted by atomic mass is 9.58. The lowest BCUT2D eigenvalue weighted by molar-refractivity contribution is -0.153. The Morgan fingerprint density at radius 3 is 2.00 bits per heavy atom. The van der Waals surface area contributed by atoms with Gasteiger partial charge >= 0.3 is 0 Å². The van der Waals surface area contributed by atoms with Gasteiger partial charge in [-0.05, 0) is 33.2 Å². The van der Waals surface area contributed by atoms with Crippen molar-refractivity contribution in [2.24, 2.45) is 10.8 Å². The van der Waals surface area contributed by atoms with Gasteiger partial charge in [0.1, 0.15) is 5.78 Å². The number of carbonyl (C=O) groups is 1. The highest BCUT2D eigenvalue weighted by Gasteiger charge is 2.55. The molecule has 5 heteroatoms. The van der Waals surface area contributed by atoms with Gasteiger partial charge in [-0.1, -0.05) is 6.92 Å². The first-order chi connectivity index (χ1) is 10.4. The summed E-state index contributed by atoms with van der Waals surface area (Å²) in [7, 11) is 1.98. The van der Waals surface area contributed by atoms with Gasteiger partial charge in [0, 0.05) is 42.7 Å². The summed E-state index contributed by atoms with van der Waals surface area (Å²) in [5.41, 5.74) is -1.25. The summed E-state index contributed by atoms with van der Waals surface area (Å²) in [5, 5.41) is 26.8. The molecule has 0 spiro atoms. The maximum Gasteiger partial charge on any atom is 0.147 e. The van der Waals surface area contributed by atoms with Crippen molar-refractivity contribution in [1.82, 2.24) is 4.90 Å². The summed E-state index contributed by atoms with van der Waals surface area (Å²) < 4.78 is 0. The van der Waals surface area contributed by atoms with Crippen LogP contribution in [0, 0.1) is 44.8 Å². The second-order valence-corrected chi connectivity index (χ2v) is 6.61. The fourth-order valence-electron chi connectivity index (χ4n) is 3.82. The third-order valence-corrected chi connectivity index (χ3v) is 5.21. The van der Waals surface area contributed by atoms with E-state index in [-0.39, 0.29) is 11.8 Å². The normalized spacial score (nSPS) is 27.6. The van der Waals surface area contributed by atoms with Crippen LogP contribution in [0.1, 0.15) is 52.4 Å². The smallest absolute Gasteiger partial charge is 0.147 e. The molecule has 0 radical (unpaired) electrons. The van der Waals surface area contributed by atoms with Crippen molar-refractivity contribution < 1.29 is 4.79 Å². The first-order valence-corrected chi connectivity index (χ1v) is 7.74. The van der Waals surface area contributed by atoms with Gasteiger partial charge in [-0.3, -0.25) is 4.79 Å². The number of rotatable bonds is 6. The van der Waals surface area contributed by atoms with Gasteiger partial charge in [-0.2, -0.15) is 15.8 Å². The van der Waals surface area contributed by atoms with Gasteiger partial charge in [0.2, 0.25) is 0 Å². The van der Waals surface area contributed by atoms with E-state index in [4.69, 9.17) is 15.8 Å². The van der Waals surface area contributed by atoms with Crippen LogP contribution in [0.15, 0.2) is 0 Å². The van der Waals surface area contributed by atoms with E-state index in [9.17, 15) is 4.79 Å². The number of nitriles is 3. The molecule has 1 aliphatic rings. The molecule has 0 N–H and O–H groups in total. The molecule has 1 rings (SSSR count). The first kappa shape index (κ1) is 18.1. The summed E-state index contributed by atoms with van der Waals surface area (Å²) in [6.07, 6.45) is 2.46. The molecule has 2 atom stereocenters. The number of piperidine rings is 1. The summed E-state index contributed by atoms with van der Waals surface area (Å²) >= 11 is 0. The zero-order valence-corrected chi connectivity index (χ0v) is 13.7. The molecule has 1 fully saturated rings. The highest BCUT2D eigenvalue weighted by Crippen LogP contribution is 2.48. The van der Waals surface area contributed by atoms with E-state index in [1.165, 1.54) is 0 Å². The Balaban J connectivity index is 3.23. The molecule has 1 saturated heterocycles. The Morgan fingerprint density at radius 2 is 1.55 bits per heavy atom. The molecule has 22 heavy (non-hydrogen) atoms. The van der Waals surface area contributed by atoms with E-state index in [1.807, 2.05) is 20.9 Å². The Morgan fingerprint density at radius 1 is 1.09 bits per heavy atom. The quantitative estimate of drug-likeness (QED) is 0.752. The minimum Gasteiger partial charge on any atom is -0.302 e. The molecule has 1 aliphatic heterocycles. The molecule has 0 aliphatic carbocycles. The molecule has 0 saturated carbocycles. The van der Waals surface area contributed by atoms with E-state index in [1.54, 1.807) is 0 Å². The average molecular weight is 300 g/mol. The first-order valence-electron chi connectivity index (χ1n) is 7.74. The number of hydrogen-bond acceptors (Lipinski definition) is 5. The summed E-state index contributed by atoms with van der Waals surface area (Å²) in [6, 6.07) is 6.40. The van der Waals surface area contributed by atoms with Gasteiger partial charge in [-0.15, -0.1) is 0 Å². The fraction of sp³-hybridized carbons (Fsp3) is 0.765. The third kappa shape index (κ3) is 3.29. The van der Waals surface area contributed by atoms with Gasteiger partial charge < -0.3 is 4.90 Å². The predicted molar refractivity (Wildman–Crippen MR) is 82.2 cm³/mol. The number of Topliss-reactive ketones (excluding diaryl/α,β-unsaturated/α-hetero) is 1. The number of hydrogen-bond donors (Lipinski definition) is 0. The molecular formula is C17H24N4O. The Labute approximate surface area is 133 Å². The van der Waals surface area contributed by atoms with Crippen molar-refractivity contribution in [1.29, 1.82) is 15.8 Å². The molecule has 0 aromatic heterocycles. The average Bonchev–Trinajstić information content (AvgIpc) is 2.51. The van der Waals surface area contributed by atoms with Crippen LogP contribution in [0.3, 0.4) is 0 Å². The SMILES string of the molecule is CC1N(C)CC(C)(CCC#N)C(=O)C1(CCC#N)CCC#N. The molecule has 2 unspecified atom stereocenters. The molecule has 5 nitrogen and oxygen atoms in total. The summed E-state index contributed by atoms with van der Waals surface area (Å²) in [4.78, 5) is 15.4. The van der Waals surface area contributed by atoms with E-state index < -0.39 is 10.8 Å². The van der Waals surface area contributed by atoms with Crippen molar-refractivity contribution in [3.05, 3.63) is 0 Å². The van der Waals surface area contributed by atoms with E-state index in [0.717, 1.165) is 0 Å². The van der Waals surface area contributed by atoms with Crippen LogP contribution in [0.25, 0.3) is 0 Å². The van der Waals surface area contributed by atoms with Crippen LogP contribution in [-0.2, 0) is 4.79 Å². The van der Waals surface area contributed by atoms with Crippen LogP contribution in [0.2, 0.25) is 0 Å². The number of ketones is 1. The fourth-order valence-corrected chi connectivity index (χ4v) is 3.82. The van der Waals surface area contributed by atoms with Crippen molar-refractivity contribution in [2.45, 2.75) is 58.4 Å². The minimum atomic E-state index is -0.664. The van der Waals surface area contributed by atoms with Crippen LogP contribution in [0.4, 0.5) is 0 Å². The Kier molecular flexibility index (Phi) is 6.10. The van der Waals surface area contributed by atoms with E-state index >= 15 is 0 Å². The predicted octanol–water partition coefficient (Wildman–Crippen LogP) is 2.79. The molecule has 118 valence electrons. The topological polar surface area (TPSA) is 91.7 Å². The Bertz CT molecular complexity index is 518. The van der Waals surface area contributed by atoms with E-state index in [0.29, 0.717) is 45.1 Å². The van der Waals surface area contributed by atoms with Crippen LogP contribution in [0.5, 0.6) is 0 Å². The van der Waals surface area contributed by atoms with Crippen LogP contribution >= 0.6 is 0 Å². The maximum absolute atomic E-state index is 13.3.